The third-order valence-electron chi connectivity index (χ3n) is 2.68. The maximum absolute atomic E-state index is 12.5. The molecule has 0 bridgehead atoms. The van der Waals surface area contributed by atoms with Crippen LogP contribution in [-0.2, 0) is 6.18 Å². The molecule has 2 nitrogen and oxygen atoms in total. The van der Waals surface area contributed by atoms with Crippen LogP contribution in [-0.4, -0.2) is 19.6 Å². The summed E-state index contributed by atoms with van der Waals surface area (Å²) in [6, 6.07) is 3.95. The van der Waals surface area contributed by atoms with Crippen LogP contribution in [0.15, 0.2) is 18.2 Å². The average Bonchev–Trinajstić information content (AvgIpc) is 2.15. The molecular formula is C11H13F3N2. The van der Waals surface area contributed by atoms with Gasteiger partial charge in [-0.25, -0.2) is 0 Å². The highest BCUT2D eigenvalue weighted by Crippen LogP contribution is 2.36. The number of anilines is 2. The third kappa shape index (κ3) is 1.94. The minimum Gasteiger partial charge on any atom is -0.379 e. The maximum atomic E-state index is 12.5. The summed E-state index contributed by atoms with van der Waals surface area (Å²) >= 11 is 0. The number of rotatable bonds is 0. The molecule has 1 aromatic carbocycles. The minimum atomic E-state index is -4.28. The number of hydrogen-bond donors (Lipinski definition) is 1. The Balaban J connectivity index is 2.42. The summed E-state index contributed by atoms with van der Waals surface area (Å²) in [7, 11) is 1.88. The number of halogens is 3. The minimum absolute atomic E-state index is 0.154. The molecule has 0 fully saturated rings. The van der Waals surface area contributed by atoms with Crippen molar-refractivity contribution in [3.8, 4) is 0 Å². The summed E-state index contributed by atoms with van der Waals surface area (Å²) in [5.41, 5.74) is 0.753. The highest BCUT2D eigenvalue weighted by atomic mass is 19.4. The van der Waals surface area contributed by atoms with Gasteiger partial charge in [0.1, 0.15) is 0 Å². The van der Waals surface area contributed by atoms with Crippen LogP contribution in [0.1, 0.15) is 12.5 Å². The number of nitrogens with one attached hydrogen (secondary N) is 1. The topological polar surface area (TPSA) is 15.3 Å². The Morgan fingerprint density at radius 2 is 2.06 bits per heavy atom. The van der Waals surface area contributed by atoms with E-state index in [-0.39, 0.29) is 6.04 Å². The molecular weight excluding hydrogens is 217 g/mol. The largest absolute Gasteiger partial charge is 0.416 e. The van der Waals surface area contributed by atoms with Crippen LogP contribution in [0.5, 0.6) is 0 Å². The summed E-state index contributed by atoms with van der Waals surface area (Å²) in [5, 5.41) is 3.06. The molecule has 0 saturated heterocycles. The van der Waals surface area contributed by atoms with E-state index in [1.807, 2.05) is 18.9 Å². The normalized spacial score (nSPS) is 20.3. The van der Waals surface area contributed by atoms with Crippen LogP contribution in [0.3, 0.4) is 0 Å². The van der Waals surface area contributed by atoms with Gasteiger partial charge in [-0.1, -0.05) is 0 Å². The lowest BCUT2D eigenvalue weighted by Gasteiger charge is -2.33. The predicted octanol–water partition coefficient (Wildman–Crippen LogP) is 2.96. The van der Waals surface area contributed by atoms with E-state index in [1.54, 1.807) is 0 Å². The number of fused-ring (bicyclic) bond motifs is 1. The molecule has 0 saturated carbocycles. The zero-order chi connectivity index (χ0) is 11.9. The fourth-order valence-electron chi connectivity index (χ4n) is 1.98. The fourth-order valence-corrected chi connectivity index (χ4v) is 1.98. The Bertz CT molecular complexity index is 401. The lowest BCUT2D eigenvalue weighted by Crippen LogP contribution is -2.37. The SMILES string of the molecule is CC1CN(C)c2ccc(C(F)(F)F)cc2N1. The van der Waals surface area contributed by atoms with Gasteiger partial charge in [0.15, 0.2) is 0 Å². The maximum Gasteiger partial charge on any atom is 0.416 e. The summed E-state index contributed by atoms with van der Waals surface area (Å²) in [6.45, 7) is 2.73. The quantitative estimate of drug-likeness (QED) is 0.737. The van der Waals surface area contributed by atoms with E-state index in [2.05, 4.69) is 5.32 Å². The van der Waals surface area contributed by atoms with E-state index in [0.29, 0.717) is 5.69 Å². The lowest BCUT2D eigenvalue weighted by atomic mass is 10.1. The number of alkyl halides is 3. The Kier molecular flexibility index (Phi) is 2.48. The first-order chi connectivity index (χ1) is 7.38. The highest BCUT2D eigenvalue weighted by Gasteiger charge is 2.32. The van der Waals surface area contributed by atoms with Crippen molar-refractivity contribution in [2.45, 2.75) is 19.1 Å². The van der Waals surface area contributed by atoms with Crippen LogP contribution in [0, 0.1) is 0 Å². The van der Waals surface area contributed by atoms with Gasteiger partial charge in [0, 0.05) is 19.6 Å². The van der Waals surface area contributed by atoms with Gasteiger partial charge in [-0.05, 0) is 25.1 Å². The van der Waals surface area contributed by atoms with E-state index < -0.39 is 11.7 Å². The molecule has 0 aromatic heterocycles. The van der Waals surface area contributed by atoms with Crippen molar-refractivity contribution in [1.82, 2.24) is 0 Å². The summed E-state index contributed by atoms with van der Waals surface area (Å²) in [6.07, 6.45) is -4.28. The van der Waals surface area contributed by atoms with Gasteiger partial charge in [0.25, 0.3) is 0 Å². The van der Waals surface area contributed by atoms with Gasteiger partial charge in [-0.3, -0.25) is 0 Å². The van der Waals surface area contributed by atoms with Crippen LogP contribution in [0.2, 0.25) is 0 Å². The zero-order valence-electron chi connectivity index (χ0n) is 9.10. The third-order valence-corrected chi connectivity index (χ3v) is 2.68. The first kappa shape index (κ1) is 11.1. The summed E-state index contributed by atoms with van der Waals surface area (Å²) in [4.78, 5) is 1.96. The van der Waals surface area contributed by atoms with Gasteiger partial charge in [0.05, 0.1) is 16.9 Å². The van der Waals surface area contributed by atoms with Gasteiger partial charge in [-0.2, -0.15) is 13.2 Å². The smallest absolute Gasteiger partial charge is 0.379 e. The number of benzene rings is 1. The highest BCUT2D eigenvalue weighted by molar-refractivity contribution is 5.73. The van der Waals surface area contributed by atoms with Gasteiger partial charge < -0.3 is 10.2 Å². The second-order valence-corrected chi connectivity index (χ2v) is 4.16. The molecule has 0 aliphatic carbocycles. The molecule has 16 heavy (non-hydrogen) atoms. The van der Waals surface area contributed by atoms with Crippen LogP contribution in [0.25, 0.3) is 0 Å². The monoisotopic (exact) mass is 230 g/mol. The summed E-state index contributed by atoms with van der Waals surface area (Å²) < 4.78 is 37.5. The van der Waals surface area contributed by atoms with Crippen molar-refractivity contribution in [1.29, 1.82) is 0 Å². The second-order valence-electron chi connectivity index (χ2n) is 4.16. The van der Waals surface area contributed by atoms with Gasteiger partial charge in [-0.15, -0.1) is 0 Å². The van der Waals surface area contributed by atoms with Crippen LogP contribution < -0.4 is 10.2 Å². The molecule has 1 heterocycles. The van der Waals surface area contributed by atoms with Crippen molar-refractivity contribution in [2.24, 2.45) is 0 Å². The molecule has 88 valence electrons. The molecule has 1 aromatic rings. The Labute approximate surface area is 92.1 Å². The molecule has 2 rings (SSSR count). The van der Waals surface area contributed by atoms with Gasteiger partial charge >= 0.3 is 6.18 Å². The van der Waals surface area contributed by atoms with E-state index in [1.165, 1.54) is 12.1 Å². The molecule has 1 aliphatic heterocycles. The van der Waals surface area contributed by atoms with Crippen molar-refractivity contribution in [3.63, 3.8) is 0 Å². The van der Waals surface area contributed by atoms with E-state index in [9.17, 15) is 13.2 Å². The second kappa shape index (κ2) is 3.57. The van der Waals surface area contributed by atoms with Crippen molar-refractivity contribution < 1.29 is 13.2 Å². The Morgan fingerprint density at radius 3 is 2.69 bits per heavy atom. The average molecular weight is 230 g/mol. The predicted molar refractivity (Wildman–Crippen MR) is 57.8 cm³/mol. The lowest BCUT2D eigenvalue weighted by molar-refractivity contribution is -0.137. The van der Waals surface area contributed by atoms with Crippen molar-refractivity contribution in [3.05, 3.63) is 23.8 Å². The molecule has 1 aliphatic rings. The molecule has 0 spiro atoms. The molecule has 0 amide bonds. The molecule has 1 unspecified atom stereocenters. The van der Waals surface area contributed by atoms with E-state index >= 15 is 0 Å². The summed E-state index contributed by atoms with van der Waals surface area (Å²) in [5.74, 6) is 0. The van der Waals surface area contributed by atoms with E-state index in [0.717, 1.165) is 18.3 Å². The number of likely N-dealkylation sites (N-methyl/N-ethyl adjacent to an activating group) is 1. The molecule has 0 radical (unpaired) electrons. The van der Waals surface area contributed by atoms with Crippen LogP contribution >= 0.6 is 0 Å². The van der Waals surface area contributed by atoms with E-state index in [4.69, 9.17) is 0 Å². The first-order valence-corrected chi connectivity index (χ1v) is 5.07. The molecule has 1 N–H and O–H groups in total. The molecule has 1 atom stereocenters. The van der Waals surface area contributed by atoms with Crippen molar-refractivity contribution >= 4 is 11.4 Å². The number of hydrogen-bond acceptors (Lipinski definition) is 2. The zero-order valence-corrected chi connectivity index (χ0v) is 9.10. The van der Waals surface area contributed by atoms with Crippen molar-refractivity contribution in [2.75, 3.05) is 23.8 Å². The Morgan fingerprint density at radius 1 is 1.38 bits per heavy atom. The first-order valence-electron chi connectivity index (χ1n) is 5.07. The van der Waals surface area contributed by atoms with Crippen LogP contribution in [0.4, 0.5) is 24.5 Å². The standard InChI is InChI=1S/C11H13F3N2/c1-7-6-16(2)10-4-3-8(11(12,13)14)5-9(10)15-7/h3-5,7,15H,6H2,1-2H3. The molecule has 5 heteroatoms. The fraction of sp³-hybridized carbons (Fsp3) is 0.455. The number of nitrogens with zero attached hydrogens (tertiary/aromatic N) is 1. The Hall–Kier alpha value is -1.39. The van der Waals surface area contributed by atoms with Gasteiger partial charge in [0.2, 0.25) is 0 Å².